The van der Waals surface area contributed by atoms with Gasteiger partial charge in [-0.05, 0) is 10.8 Å². The molecule has 1 unspecified atom stereocenters. The van der Waals surface area contributed by atoms with Crippen molar-refractivity contribution in [2.75, 3.05) is 4.93 Å². The Labute approximate surface area is 73.6 Å². The van der Waals surface area contributed by atoms with Gasteiger partial charge in [0, 0.05) is 0 Å². The first kappa shape index (κ1) is 12.4. The van der Waals surface area contributed by atoms with Crippen LogP contribution in [0.2, 0.25) is 0 Å². The highest BCUT2D eigenvalue weighted by Crippen LogP contribution is 2.07. The molecule has 0 rings (SSSR count). The van der Waals surface area contributed by atoms with Gasteiger partial charge in [0.25, 0.3) is 0 Å². The third-order valence-electron chi connectivity index (χ3n) is 1.48. The minimum Gasteiger partial charge on any atom is -0.0901 e. The molecule has 0 fully saturated rings. The van der Waals surface area contributed by atoms with Crippen molar-refractivity contribution in [1.29, 1.82) is 0 Å². The molecule has 0 aliphatic rings. The SMILES string of the molecule is CCCC(C)CC.CI. The summed E-state index contributed by atoms with van der Waals surface area (Å²) >= 11 is 2.15. The molecule has 0 nitrogen and oxygen atoms in total. The van der Waals surface area contributed by atoms with Crippen molar-refractivity contribution >= 4 is 22.6 Å². The quantitative estimate of drug-likeness (QED) is 0.520. The maximum absolute atomic E-state index is 2.31. The summed E-state index contributed by atoms with van der Waals surface area (Å²) in [5, 5.41) is 0. The van der Waals surface area contributed by atoms with Crippen molar-refractivity contribution < 1.29 is 0 Å². The Balaban J connectivity index is 0. The lowest BCUT2D eigenvalue weighted by atomic mass is 10.0. The molecule has 1 heteroatoms. The van der Waals surface area contributed by atoms with Crippen LogP contribution in [0.25, 0.3) is 0 Å². The lowest BCUT2D eigenvalue weighted by Crippen LogP contribution is -1.88. The van der Waals surface area contributed by atoms with Crippen molar-refractivity contribution in [3.05, 3.63) is 0 Å². The second-order valence-corrected chi connectivity index (χ2v) is 2.30. The first-order valence-electron chi connectivity index (χ1n) is 3.69. The first-order chi connectivity index (χ1) is 4.31. The van der Waals surface area contributed by atoms with Gasteiger partial charge in [0.05, 0.1) is 0 Å². The monoisotopic (exact) mass is 242 g/mol. The van der Waals surface area contributed by atoms with E-state index in [1.807, 2.05) is 4.93 Å². The Hall–Kier alpha value is 0.730. The van der Waals surface area contributed by atoms with Crippen LogP contribution in [-0.2, 0) is 0 Å². The minimum absolute atomic E-state index is 0.949. The zero-order chi connectivity index (χ0) is 7.70. The summed E-state index contributed by atoms with van der Waals surface area (Å²) in [6.45, 7) is 6.80. The van der Waals surface area contributed by atoms with Crippen molar-refractivity contribution in [3.63, 3.8) is 0 Å². The summed E-state index contributed by atoms with van der Waals surface area (Å²) in [4.78, 5) is 1.97. The van der Waals surface area contributed by atoms with E-state index >= 15 is 0 Å². The van der Waals surface area contributed by atoms with E-state index in [0.29, 0.717) is 0 Å². The van der Waals surface area contributed by atoms with Crippen molar-refractivity contribution in [2.45, 2.75) is 40.0 Å². The Morgan fingerprint density at radius 2 is 1.67 bits per heavy atom. The van der Waals surface area contributed by atoms with Gasteiger partial charge in [-0.25, -0.2) is 0 Å². The van der Waals surface area contributed by atoms with Gasteiger partial charge in [-0.3, -0.25) is 0 Å². The molecule has 58 valence electrons. The molecule has 0 aliphatic carbocycles. The Morgan fingerprint density at radius 1 is 1.22 bits per heavy atom. The summed E-state index contributed by atoms with van der Waals surface area (Å²) in [6, 6.07) is 0. The number of halogens is 1. The van der Waals surface area contributed by atoms with Gasteiger partial charge in [-0.1, -0.05) is 62.6 Å². The average molecular weight is 242 g/mol. The normalized spacial score (nSPS) is 11.7. The number of hydrogen-bond donors (Lipinski definition) is 0. The van der Waals surface area contributed by atoms with E-state index in [0.717, 1.165) is 5.92 Å². The highest BCUT2D eigenvalue weighted by atomic mass is 127. The Bertz CT molecular complexity index is 35.5. The molecule has 0 saturated carbocycles. The van der Waals surface area contributed by atoms with Crippen LogP contribution in [0.1, 0.15) is 40.0 Å². The molecule has 0 heterocycles. The summed E-state index contributed by atoms with van der Waals surface area (Å²) in [5.41, 5.74) is 0. The van der Waals surface area contributed by atoms with Crippen molar-refractivity contribution in [1.82, 2.24) is 0 Å². The van der Waals surface area contributed by atoms with Crippen LogP contribution in [0.5, 0.6) is 0 Å². The molecule has 0 aromatic carbocycles. The highest BCUT2D eigenvalue weighted by Gasteiger charge is 1.92. The fourth-order valence-electron chi connectivity index (χ4n) is 0.697. The van der Waals surface area contributed by atoms with Gasteiger partial charge in [-0.2, -0.15) is 0 Å². The van der Waals surface area contributed by atoms with Crippen molar-refractivity contribution in [3.8, 4) is 0 Å². The molecule has 0 radical (unpaired) electrons. The summed E-state index contributed by atoms with van der Waals surface area (Å²) in [5.74, 6) is 0.949. The summed E-state index contributed by atoms with van der Waals surface area (Å²) in [6.07, 6.45) is 4.08. The van der Waals surface area contributed by atoms with E-state index in [1.54, 1.807) is 0 Å². The second kappa shape index (κ2) is 11.5. The van der Waals surface area contributed by atoms with Crippen LogP contribution in [0, 0.1) is 5.92 Å². The van der Waals surface area contributed by atoms with E-state index in [9.17, 15) is 0 Å². The third-order valence-corrected chi connectivity index (χ3v) is 1.48. The largest absolute Gasteiger partial charge is 0.0901 e. The van der Waals surface area contributed by atoms with Gasteiger partial charge in [0.2, 0.25) is 0 Å². The zero-order valence-corrected chi connectivity index (χ0v) is 9.23. The van der Waals surface area contributed by atoms with Crippen LogP contribution < -0.4 is 0 Å². The lowest BCUT2D eigenvalue weighted by Gasteiger charge is -2.02. The molecule has 0 saturated heterocycles. The minimum atomic E-state index is 0.949. The zero-order valence-electron chi connectivity index (χ0n) is 7.08. The maximum atomic E-state index is 2.31. The molecule has 0 N–H and O–H groups in total. The van der Waals surface area contributed by atoms with E-state index in [2.05, 4.69) is 43.4 Å². The fourth-order valence-corrected chi connectivity index (χ4v) is 0.697. The molecule has 0 aromatic heterocycles. The predicted octanol–water partition coefficient (Wildman–Crippen LogP) is 3.88. The van der Waals surface area contributed by atoms with Gasteiger partial charge < -0.3 is 0 Å². The second-order valence-electron chi connectivity index (χ2n) is 2.30. The Kier molecular flexibility index (Phi) is 15.9. The number of rotatable bonds is 3. The van der Waals surface area contributed by atoms with Crippen molar-refractivity contribution in [2.24, 2.45) is 5.92 Å². The highest BCUT2D eigenvalue weighted by molar-refractivity contribution is 14.1. The average Bonchev–Trinajstić information content (AvgIpc) is 1.93. The van der Waals surface area contributed by atoms with Crippen LogP contribution in [-0.4, -0.2) is 4.93 Å². The lowest BCUT2D eigenvalue weighted by molar-refractivity contribution is 0.509. The molecule has 0 spiro atoms. The molecule has 0 aliphatic heterocycles. The molecule has 0 amide bonds. The standard InChI is InChI=1S/C7H16.CH3I/c1-4-6-7(3)5-2;1-2/h7H,4-6H2,1-3H3;1H3. The van der Waals surface area contributed by atoms with Gasteiger partial charge >= 0.3 is 0 Å². The van der Waals surface area contributed by atoms with E-state index in [-0.39, 0.29) is 0 Å². The molecule has 1 atom stereocenters. The fraction of sp³-hybridized carbons (Fsp3) is 1.00. The Morgan fingerprint density at radius 3 is 1.78 bits per heavy atom. The van der Waals surface area contributed by atoms with Gasteiger partial charge in [0.1, 0.15) is 0 Å². The topological polar surface area (TPSA) is 0 Å². The number of alkyl halides is 1. The predicted molar refractivity (Wildman–Crippen MR) is 54.3 cm³/mol. The van der Waals surface area contributed by atoms with Crippen LogP contribution >= 0.6 is 22.6 Å². The third kappa shape index (κ3) is 12.0. The van der Waals surface area contributed by atoms with Gasteiger partial charge in [0.15, 0.2) is 0 Å². The smallest absolute Gasteiger partial charge is 0.0121 e. The van der Waals surface area contributed by atoms with E-state index < -0.39 is 0 Å². The molecule has 0 aromatic rings. The first-order valence-corrected chi connectivity index (χ1v) is 5.84. The number of hydrogen-bond acceptors (Lipinski definition) is 0. The summed E-state index contributed by atoms with van der Waals surface area (Å²) in [7, 11) is 0. The van der Waals surface area contributed by atoms with Crippen LogP contribution in [0.3, 0.4) is 0 Å². The molecule has 0 bridgehead atoms. The molecule has 9 heavy (non-hydrogen) atoms. The van der Waals surface area contributed by atoms with E-state index in [1.165, 1.54) is 19.3 Å². The molecular formula is C8H19I. The molecular weight excluding hydrogens is 223 g/mol. The van der Waals surface area contributed by atoms with Gasteiger partial charge in [-0.15, -0.1) is 0 Å². The van der Waals surface area contributed by atoms with Crippen LogP contribution in [0.4, 0.5) is 0 Å². The van der Waals surface area contributed by atoms with E-state index in [4.69, 9.17) is 0 Å². The maximum Gasteiger partial charge on any atom is -0.0121 e. The van der Waals surface area contributed by atoms with Crippen LogP contribution in [0.15, 0.2) is 0 Å². The summed E-state index contributed by atoms with van der Waals surface area (Å²) < 4.78 is 0.